The van der Waals surface area contributed by atoms with E-state index in [9.17, 15) is 4.79 Å². The van der Waals surface area contributed by atoms with Crippen molar-refractivity contribution in [1.82, 2.24) is 0 Å². The lowest BCUT2D eigenvalue weighted by Gasteiger charge is -2.21. The van der Waals surface area contributed by atoms with E-state index in [1.807, 2.05) is 6.08 Å². The number of hydrogen-bond donors (Lipinski definition) is 0. The van der Waals surface area contributed by atoms with E-state index in [-0.39, 0.29) is 5.78 Å². The van der Waals surface area contributed by atoms with Crippen molar-refractivity contribution in [2.45, 2.75) is 20.3 Å². The minimum Gasteiger partial charge on any atom is -0.289 e. The molecule has 0 saturated heterocycles. The van der Waals surface area contributed by atoms with Crippen LogP contribution in [0.15, 0.2) is 31.8 Å². The van der Waals surface area contributed by atoms with Crippen LogP contribution in [0, 0.1) is 0 Å². The quantitative estimate of drug-likeness (QED) is 0.609. The maximum Gasteiger partial charge on any atom is 0.193 e. The summed E-state index contributed by atoms with van der Waals surface area (Å²) >= 11 is 3.37. The molecule has 0 amide bonds. The van der Waals surface area contributed by atoms with Crippen LogP contribution in [0.5, 0.6) is 0 Å². The fourth-order valence-electron chi connectivity index (χ4n) is 1.26. The highest BCUT2D eigenvalue weighted by Crippen LogP contribution is 2.47. The number of rotatable bonds is 0. The van der Waals surface area contributed by atoms with Gasteiger partial charge >= 0.3 is 0 Å². The van der Waals surface area contributed by atoms with Crippen LogP contribution in [0.4, 0.5) is 0 Å². The molecule has 1 heterocycles. The van der Waals surface area contributed by atoms with Crippen molar-refractivity contribution in [2.24, 2.45) is 0 Å². The lowest BCUT2D eigenvalue weighted by molar-refractivity contribution is -0.110. The van der Waals surface area contributed by atoms with Gasteiger partial charge < -0.3 is 0 Å². The molecule has 0 atom stereocenters. The normalized spacial score (nSPS) is 22.5. The first-order valence-electron chi connectivity index (χ1n) is 4.15. The van der Waals surface area contributed by atoms with Gasteiger partial charge in [-0.25, -0.2) is 0 Å². The van der Waals surface area contributed by atoms with Gasteiger partial charge in [-0.3, -0.25) is 4.79 Å². The summed E-state index contributed by atoms with van der Waals surface area (Å²) in [4.78, 5) is 16.2. The summed E-state index contributed by atoms with van der Waals surface area (Å²) < 4.78 is 0. The lowest BCUT2D eigenvalue weighted by atomic mass is 10.2. The molecule has 1 aliphatic heterocycles. The Morgan fingerprint density at radius 2 is 1.92 bits per heavy atom. The van der Waals surface area contributed by atoms with Gasteiger partial charge in [0.05, 0.1) is 4.91 Å². The zero-order valence-corrected chi connectivity index (χ0v) is 9.22. The van der Waals surface area contributed by atoms with E-state index in [1.54, 1.807) is 29.6 Å². The third-order valence-electron chi connectivity index (χ3n) is 2.08. The number of hydrogen-bond acceptors (Lipinski definition) is 3. The molecule has 3 heteroatoms. The van der Waals surface area contributed by atoms with E-state index in [0.29, 0.717) is 0 Å². The van der Waals surface area contributed by atoms with Gasteiger partial charge in [-0.05, 0) is 36.2 Å². The largest absolute Gasteiger partial charge is 0.289 e. The standard InChI is InChI=1S/C10H10OS2/c1-6-7(2)13-10-8(11)4-3-5-9(10)12-6/h3-4H,5H2,1-2H3. The molecule has 0 fully saturated rings. The van der Waals surface area contributed by atoms with Gasteiger partial charge in [0.2, 0.25) is 0 Å². The van der Waals surface area contributed by atoms with Crippen molar-refractivity contribution in [3.05, 3.63) is 31.8 Å². The summed E-state index contributed by atoms with van der Waals surface area (Å²) in [5, 5.41) is 0. The molecule has 0 bridgehead atoms. The first-order chi connectivity index (χ1) is 6.18. The smallest absolute Gasteiger partial charge is 0.193 e. The van der Waals surface area contributed by atoms with Crippen LogP contribution in [-0.2, 0) is 4.79 Å². The Morgan fingerprint density at radius 1 is 1.23 bits per heavy atom. The fraction of sp³-hybridized carbons (Fsp3) is 0.300. The SMILES string of the molecule is CC1=C(C)SC2=C(CC=CC2=O)S1. The molecule has 0 aromatic rings. The lowest BCUT2D eigenvalue weighted by Crippen LogP contribution is -2.05. The van der Waals surface area contributed by atoms with Crippen LogP contribution < -0.4 is 0 Å². The van der Waals surface area contributed by atoms with E-state index in [4.69, 9.17) is 0 Å². The average Bonchev–Trinajstić information content (AvgIpc) is 2.09. The molecule has 0 saturated carbocycles. The highest BCUT2D eigenvalue weighted by Gasteiger charge is 2.23. The Balaban J connectivity index is 2.32. The van der Waals surface area contributed by atoms with Crippen LogP contribution in [-0.4, -0.2) is 5.78 Å². The summed E-state index contributed by atoms with van der Waals surface area (Å²) in [6.45, 7) is 4.18. The first kappa shape index (κ1) is 9.16. The number of carbonyl (C=O) groups excluding carboxylic acids is 1. The minimum atomic E-state index is 0.172. The van der Waals surface area contributed by atoms with Crippen molar-refractivity contribution in [3.8, 4) is 0 Å². The third-order valence-corrected chi connectivity index (χ3v) is 4.83. The van der Waals surface area contributed by atoms with E-state index in [2.05, 4.69) is 13.8 Å². The molecular weight excluding hydrogens is 200 g/mol. The maximum absolute atomic E-state index is 11.5. The molecule has 1 aliphatic carbocycles. The van der Waals surface area contributed by atoms with E-state index in [1.165, 1.54) is 14.7 Å². The Bertz CT molecular complexity index is 361. The third kappa shape index (κ3) is 1.63. The van der Waals surface area contributed by atoms with Gasteiger partial charge in [-0.2, -0.15) is 0 Å². The highest BCUT2D eigenvalue weighted by molar-refractivity contribution is 8.14. The molecule has 2 rings (SSSR count). The van der Waals surface area contributed by atoms with Crippen LogP contribution in [0.1, 0.15) is 20.3 Å². The first-order valence-corrected chi connectivity index (χ1v) is 5.79. The molecular formula is C10H10OS2. The van der Waals surface area contributed by atoms with Crippen LogP contribution in [0.25, 0.3) is 0 Å². The molecule has 0 N–H and O–H groups in total. The van der Waals surface area contributed by atoms with Gasteiger partial charge in [0.25, 0.3) is 0 Å². The van der Waals surface area contributed by atoms with Crippen LogP contribution >= 0.6 is 23.5 Å². The summed E-state index contributed by atoms with van der Waals surface area (Å²) in [5.74, 6) is 0.172. The summed E-state index contributed by atoms with van der Waals surface area (Å²) in [6, 6.07) is 0. The molecule has 0 radical (unpaired) electrons. The van der Waals surface area contributed by atoms with E-state index >= 15 is 0 Å². The molecule has 0 unspecified atom stereocenters. The van der Waals surface area contributed by atoms with Crippen molar-refractivity contribution >= 4 is 29.3 Å². The monoisotopic (exact) mass is 210 g/mol. The topological polar surface area (TPSA) is 17.1 Å². The Labute approximate surface area is 86.4 Å². The number of thioether (sulfide) groups is 2. The molecule has 0 aromatic heterocycles. The van der Waals surface area contributed by atoms with Gasteiger partial charge in [0.1, 0.15) is 0 Å². The zero-order chi connectivity index (χ0) is 9.42. The average molecular weight is 210 g/mol. The number of ketones is 1. The van der Waals surface area contributed by atoms with Crippen LogP contribution in [0.2, 0.25) is 0 Å². The number of carbonyl (C=O) groups is 1. The number of allylic oxidation sites excluding steroid dienone is 6. The molecule has 2 aliphatic rings. The van der Waals surface area contributed by atoms with E-state index < -0.39 is 0 Å². The van der Waals surface area contributed by atoms with Gasteiger partial charge in [0.15, 0.2) is 5.78 Å². The van der Waals surface area contributed by atoms with Gasteiger partial charge in [0, 0.05) is 4.91 Å². The van der Waals surface area contributed by atoms with Crippen molar-refractivity contribution in [1.29, 1.82) is 0 Å². The second-order valence-electron chi connectivity index (χ2n) is 3.04. The van der Waals surface area contributed by atoms with E-state index in [0.717, 1.165) is 11.3 Å². The summed E-state index contributed by atoms with van der Waals surface area (Å²) in [6.07, 6.45) is 4.55. The molecule has 13 heavy (non-hydrogen) atoms. The molecule has 0 spiro atoms. The maximum atomic E-state index is 11.5. The Morgan fingerprint density at radius 3 is 2.69 bits per heavy atom. The Hall–Kier alpha value is -0.410. The Kier molecular flexibility index (Phi) is 2.39. The van der Waals surface area contributed by atoms with Gasteiger partial charge in [-0.15, -0.1) is 0 Å². The minimum absolute atomic E-state index is 0.172. The van der Waals surface area contributed by atoms with Crippen molar-refractivity contribution < 1.29 is 4.79 Å². The second kappa shape index (κ2) is 3.39. The second-order valence-corrected chi connectivity index (χ2v) is 5.57. The van der Waals surface area contributed by atoms with Crippen LogP contribution in [0.3, 0.4) is 0 Å². The van der Waals surface area contributed by atoms with Crippen molar-refractivity contribution in [3.63, 3.8) is 0 Å². The highest BCUT2D eigenvalue weighted by atomic mass is 32.2. The predicted molar refractivity (Wildman–Crippen MR) is 59.3 cm³/mol. The van der Waals surface area contributed by atoms with Crippen molar-refractivity contribution in [2.75, 3.05) is 0 Å². The summed E-state index contributed by atoms with van der Waals surface area (Å²) in [5.41, 5.74) is 0. The zero-order valence-electron chi connectivity index (χ0n) is 7.59. The fourth-order valence-corrected chi connectivity index (χ4v) is 3.46. The molecule has 0 aromatic carbocycles. The molecule has 1 nitrogen and oxygen atoms in total. The predicted octanol–water partition coefficient (Wildman–Crippen LogP) is 3.46. The van der Waals surface area contributed by atoms with Gasteiger partial charge in [-0.1, -0.05) is 29.6 Å². The molecule has 68 valence electrons. The summed E-state index contributed by atoms with van der Waals surface area (Å²) in [7, 11) is 0.